The Morgan fingerprint density at radius 1 is 1.13 bits per heavy atom. The molecular formula is C12H18OSSi. The van der Waals surface area contributed by atoms with E-state index in [1.165, 1.54) is 5.56 Å². The standard InChI is InChI=1S/C12H18OSSi/c1-11-5-7-12(8-6-11)14(13)9-10-15(2,3)4/h5-10H,1-4H3/b10-9+. The van der Waals surface area contributed by atoms with Crippen molar-refractivity contribution >= 4 is 18.9 Å². The van der Waals surface area contributed by atoms with Crippen molar-refractivity contribution in [2.45, 2.75) is 31.5 Å². The van der Waals surface area contributed by atoms with E-state index in [1.807, 2.05) is 36.6 Å². The van der Waals surface area contributed by atoms with Crippen molar-refractivity contribution < 1.29 is 4.21 Å². The molecule has 0 fully saturated rings. The van der Waals surface area contributed by atoms with E-state index in [4.69, 9.17) is 0 Å². The molecular weight excluding hydrogens is 220 g/mol. The summed E-state index contributed by atoms with van der Waals surface area (Å²) in [5.74, 6) is 0. The molecule has 0 heterocycles. The number of hydrogen-bond acceptors (Lipinski definition) is 1. The highest BCUT2D eigenvalue weighted by molar-refractivity contribution is 7.88. The van der Waals surface area contributed by atoms with Crippen LogP contribution in [0.5, 0.6) is 0 Å². The van der Waals surface area contributed by atoms with Crippen LogP contribution in [0.1, 0.15) is 5.56 Å². The van der Waals surface area contributed by atoms with Crippen molar-refractivity contribution in [3.8, 4) is 0 Å². The Labute approximate surface area is 95.7 Å². The molecule has 1 rings (SSSR count). The van der Waals surface area contributed by atoms with Crippen molar-refractivity contribution in [2.75, 3.05) is 0 Å². The lowest BCUT2D eigenvalue weighted by Gasteiger charge is -2.07. The second-order valence-corrected chi connectivity index (χ2v) is 11.2. The molecule has 0 radical (unpaired) electrons. The topological polar surface area (TPSA) is 17.1 Å². The molecule has 1 aromatic carbocycles. The van der Waals surface area contributed by atoms with Gasteiger partial charge in [-0.1, -0.05) is 43.0 Å². The number of benzene rings is 1. The molecule has 0 N–H and O–H groups in total. The van der Waals surface area contributed by atoms with Gasteiger partial charge in [-0.3, -0.25) is 0 Å². The molecule has 0 aliphatic rings. The fraction of sp³-hybridized carbons (Fsp3) is 0.333. The highest BCUT2D eigenvalue weighted by Crippen LogP contribution is 2.11. The summed E-state index contributed by atoms with van der Waals surface area (Å²) in [6.07, 6.45) is 0. The molecule has 0 saturated heterocycles. The molecule has 3 heteroatoms. The highest BCUT2D eigenvalue weighted by atomic mass is 32.2. The lowest BCUT2D eigenvalue weighted by atomic mass is 10.2. The summed E-state index contributed by atoms with van der Waals surface area (Å²) in [6, 6.07) is 7.85. The molecule has 0 bridgehead atoms. The molecule has 1 aromatic rings. The Balaban J connectivity index is 2.78. The second-order valence-electron chi connectivity index (χ2n) is 4.78. The van der Waals surface area contributed by atoms with Gasteiger partial charge in [0.15, 0.2) is 0 Å². The summed E-state index contributed by atoms with van der Waals surface area (Å²) >= 11 is 0. The predicted molar refractivity (Wildman–Crippen MR) is 70.1 cm³/mol. The Hall–Kier alpha value is -0.673. The first-order chi connectivity index (χ1) is 6.88. The van der Waals surface area contributed by atoms with Gasteiger partial charge in [0.05, 0.1) is 18.9 Å². The zero-order chi connectivity index (χ0) is 11.5. The molecule has 0 aliphatic heterocycles. The van der Waals surface area contributed by atoms with Gasteiger partial charge in [-0.05, 0) is 24.5 Å². The zero-order valence-corrected chi connectivity index (χ0v) is 11.6. The van der Waals surface area contributed by atoms with E-state index in [0.717, 1.165) is 4.90 Å². The monoisotopic (exact) mass is 238 g/mol. The summed E-state index contributed by atoms with van der Waals surface area (Å²) in [7, 11) is -2.22. The van der Waals surface area contributed by atoms with Gasteiger partial charge in [-0.25, -0.2) is 4.21 Å². The van der Waals surface area contributed by atoms with Crippen LogP contribution in [-0.4, -0.2) is 12.3 Å². The SMILES string of the molecule is Cc1ccc(S(=O)/C=C/[Si](C)(C)C)cc1. The van der Waals surface area contributed by atoms with E-state index < -0.39 is 18.9 Å². The molecule has 1 nitrogen and oxygen atoms in total. The van der Waals surface area contributed by atoms with E-state index in [2.05, 4.69) is 25.3 Å². The Kier molecular flexibility index (Phi) is 4.05. The predicted octanol–water partition coefficient (Wildman–Crippen LogP) is 3.49. The number of rotatable bonds is 3. The summed E-state index contributed by atoms with van der Waals surface area (Å²) in [4.78, 5) is 0.884. The third-order valence-electron chi connectivity index (χ3n) is 1.94. The van der Waals surface area contributed by atoms with Gasteiger partial charge < -0.3 is 0 Å². The van der Waals surface area contributed by atoms with Crippen molar-refractivity contribution in [3.05, 3.63) is 40.9 Å². The molecule has 82 valence electrons. The largest absolute Gasteiger partial charge is 0.250 e. The average Bonchev–Trinajstić information content (AvgIpc) is 2.14. The molecule has 0 amide bonds. The van der Waals surface area contributed by atoms with E-state index in [9.17, 15) is 4.21 Å². The molecule has 0 spiro atoms. The molecule has 1 atom stereocenters. The van der Waals surface area contributed by atoms with Crippen LogP contribution in [0.15, 0.2) is 40.3 Å². The quantitative estimate of drug-likeness (QED) is 0.737. The van der Waals surface area contributed by atoms with Crippen LogP contribution >= 0.6 is 0 Å². The van der Waals surface area contributed by atoms with Crippen LogP contribution in [0.3, 0.4) is 0 Å². The summed E-state index contributed by atoms with van der Waals surface area (Å²) in [6.45, 7) is 8.73. The first-order valence-corrected chi connectivity index (χ1v) is 9.84. The van der Waals surface area contributed by atoms with Gasteiger partial charge in [0, 0.05) is 4.90 Å². The van der Waals surface area contributed by atoms with E-state index >= 15 is 0 Å². The van der Waals surface area contributed by atoms with Crippen LogP contribution in [0.2, 0.25) is 19.6 Å². The first kappa shape index (κ1) is 12.4. The van der Waals surface area contributed by atoms with E-state index in [-0.39, 0.29) is 0 Å². The van der Waals surface area contributed by atoms with Crippen LogP contribution in [0.4, 0.5) is 0 Å². The lowest BCUT2D eigenvalue weighted by Crippen LogP contribution is -2.15. The third-order valence-corrected chi connectivity index (χ3v) is 4.47. The summed E-state index contributed by atoms with van der Waals surface area (Å²) in [5.41, 5.74) is 3.33. The van der Waals surface area contributed by atoms with Crippen molar-refractivity contribution in [2.24, 2.45) is 0 Å². The molecule has 0 aromatic heterocycles. The summed E-state index contributed by atoms with van der Waals surface area (Å²) < 4.78 is 11.8. The molecule has 0 saturated carbocycles. The fourth-order valence-corrected chi connectivity index (χ4v) is 3.71. The van der Waals surface area contributed by atoms with Gasteiger partial charge in [0.2, 0.25) is 0 Å². The van der Waals surface area contributed by atoms with E-state index in [1.54, 1.807) is 0 Å². The maximum Gasteiger partial charge on any atom is 0.0768 e. The smallest absolute Gasteiger partial charge is 0.0768 e. The highest BCUT2D eigenvalue weighted by Gasteiger charge is 2.08. The minimum atomic E-state index is -1.24. The fourth-order valence-electron chi connectivity index (χ4n) is 1.02. The van der Waals surface area contributed by atoms with Crippen LogP contribution in [-0.2, 0) is 10.8 Å². The van der Waals surface area contributed by atoms with Gasteiger partial charge in [0.25, 0.3) is 0 Å². The average molecular weight is 238 g/mol. The number of aryl methyl sites for hydroxylation is 1. The maximum atomic E-state index is 11.8. The summed E-state index contributed by atoms with van der Waals surface area (Å²) in [5, 5.41) is 1.83. The van der Waals surface area contributed by atoms with Gasteiger partial charge in [-0.2, -0.15) is 0 Å². The van der Waals surface area contributed by atoms with Crippen molar-refractivity contribution in [1.82, 2.24) is 0 Å². The zero-order valence-electron chi connectivity index (χ0n) is 9.78. The molecule has 0 aliphatic carbocycles. The van der Waals surface area contributed by atoms with Gasteiger partial charge in [0.1, 0.15) is 0 Å². The van der Waals surface area contributed by atoms with E-state index in [0.29, 0.717) is 0 Å². The third kappa shape index (κ3) is 4.58. The maximum absolute atomic E-state index is 11.8. The van der Waals surface area contributed by atoms with Gasteiger partial charge in [-0.15, -0.1) is 0 Å². The Morgan fingerprint density at radius 3 is 2.13 bits per heavy atom. The minimum Gasteiger partial charge on any atom is -0.250 e. The lowest BCUT2D eigenvalue weighted by molar-refractivity contribution is 0.688. The Morgan fingerprint density at radius 2 is 1.67 bits per heavy atom. The molecule has 15 heavy (non-hydrogen) atoms. The van der Waals surface area contributed by atoms with Crippen LogP contribution < -0.4 is 0 Å². The van der Waals surface area contributed by atoms with Gasteiger partial charge >= 0.3 is 0 Å². The Bertz CT molecular complexity index is 374. The van der Waals surface area contributed by atoms with Crippen LogP contribution in [0.25, 0.3) is 0 Å². The van der Waals surface area contributed by atoms with Crippen molar-refractivity contribution in [3.63, 3.8) is 0 Å². The minimum absolute atomic E-state index is 0.884. The first-order valence-electron chi connectivity index (χ1n) is 5.05. The number of hydrogen-bond donors (Lipinski definition) is 0. The normalized spacial score (nSPS) is 14.4. The van der Waals surface area contributed by atoms with Crippen LogP contribution in [0, 0.1) is 6.92 Å². The van der Waals surface area contributed by atoms with Crippen molar-refractivity contribution in [1.29, 1.82) is 0 Å². The second kappa shape index (κ2) is 4.90. The molecule has 1 unspecified atom stereocenters.